The molecule has 0 aliphatic carbocycles. The smallest absolute Gasteiger partial charge is 0.240 e. The van der Waals surface area contributed by atoms with Gasteiger partial charge in [0, 0.05) is 12.6 Å². The molecule has 21 heavy (non-hydrogen) atoms. The van der Waals surface area contributed by atoms with Crippen LogP contribution in [0.2, 0.25) is 0 Å². The summed E-state index contributed by atoms with van der Waals surface area (Å²) in [5, 5.41) is 3.30. The fourth-order valence-corrected chi connectivity index (χ4v) is 3.62. The van der Waals surface area contributed by atoms with E-state index >= 15 is 0 Å². The Kier molecular flexibility index (Phi) is 7.35. The quantitative estimate of drug-likeness (QED) is 0.689. The maximum absolute atomic E-state index is 12.4. The largest absolute Gasteiger partial charge is 0.313 e. The molecular weight excluding hydrogens is 284 g/mol. The molecule has 1 aromatic carbocycles. The Balaban J connectivity index is 2.75. The van der Waals surface area contributed by atoms with Gasteiger partial charge in [0.1, 0.15) is 0 Å². The van der Waals surface area contributed by atoms with Crippen molar-refractivity contribution in [3.8, 4) is 0 Å². The Morgan fingerprint density at radius 1 is 1.10 bits per heavy atom. The molecule has 4 nitrogen and oxygen atoms in total. The van der Waals surface area contributed by atoms with E-state index in [1.54, 1.807) is 12.1 Å². The molecule has 0 saturated heterocycles. The first-order chi connectivity index (χ1) is 9.90. The lowest BCUT2D eigenvalue weighted by atomic mass is 10.0. The third-order valence-electron chi connectivity index (χ3n) is 3.54. The molecule has 0 bridgehead atoms. The lowest BCUT2D eigenvalue weighted by Gasteiger charge is -2.20. The van der Waals surface area contributed by atoms with E-state index in [-0.39, 0.29) is 12.0 Å². The molecule has 0 amide bonds. The minimum Gasteiger partial charge on any atom is -0.313 e. The predicted octanol–water partition coefficient (Wildman–Crippen LogP) is 2.90. The third kappa shape index (κ3) is 5.77. The highest BCUT2D eigenvalue weighted by Crippen LogP contribution is 2.14. The second-order valence-corrected chi connectivity index (χ2v) is 7.41. The van der Waals surface area contributed by atoms with Crippen LogP contribution < -0.4 is 10.0 Å². The average Bonchev–Trinajstić information content (AvgIpc) is 2.45. The molecule has 0 spiro atoms. The van der Waals surface area contributed by atoms with Crippen LogP contribution in [0.25, 0.3) is 0 Å². The van der Waals surface area contributed by atoms with Crippen molar-refractivity contribution in [2.45, 2.75) is 58.0 Å². The first kappa shape index (κ1) is 18.1. The number of rotatable bonds is 9. The van der Waals surface area contributed by atoms with E-state index in [4.69, 9.17) is 0 Å². The van der Waals surface area contributed by atoms with Crippen molar-refractivity contribution in [1.29, 1.82) is 0 Å². The monoisotopic (exact) mass is 312 g/mol. The van der Waals surface area contributed by atoms with E-state index in [0.29, 0.717) is 4.90 Å². The van der Waals surface area contributed by atoms with Gasteiger partial charge in [0.2, 0.25) is 10.0 Å². The zero-order chi connectivity index (χ0) is 15.9. The molecule has 0 heterocycles. The summed E-state index contributed by atoms with van der Waals surface area (Å²) in [7, 11) is -3.43. The second-order valence-electron chi connectivity index (χ2n) is 5.70. The Labute approximate surface area is 129 Å². The van der Waals surface area contributed by atoms with Crippen LogP contribution in [0.5, 0.6) is 0 Å². The zero-order valence-electron chi connectivity index (χ0n) is 13.5. The standard InChI is InChI=1S/C16H28N2O2S/c1-5-11-17-12-14-7-9-15(10-8-14)21(19,20)18-16(6-2)13(3)4/h7-10,13,16-18H,5-6,11-12H2,1-4H3. The Morgan fingerprint density at radius 2 is 1.71 bits per heavy atom. The minimum atomic E-state index is -3.43. The van der Waals surface area contributed by atoms with Crippen molar-refractivity contribution in [2.75, 3.05) is 6.54 Å². The van der Waals surface area contributed by atoms with Crippen molar-refractivity contribution in [3.63, 3.8) is 0 Å². The van der Waals surface area contributed by atoms with Crippen molar-refractivity contribution >= 4 is 10.0 Å². The van der Waals surface area contributed by atoms with Gasteiger partial charge in [-0.3, -0.25) is 0 Å². The van der Waals surface area contributed by atoms with Crippen LogP contribution in [0.3, 0.4) is 0 Å². The molecule has 0 saturated carbocycles. The van der Waals surface area contributed by atoms with Crippen LogP contribution in [-0.2, 0) is 16.6 Å². The topological polar surface area (TPSA) is 58.2 Å². The summed E-state index contributed by atoms with van der Waals surface area (Å²) in [5.74, 6) is 0.280. The molecule has 0 fully saturated rings. The van der Waals surface area contributed by atoms with Crippen molar-refractivity contribution in [1.82, 2.24) is 10.0 Å². The summed E-state index contributed by atoms with van der Waals surface area (Å²) >= 11 is 0. The molecule has 1 atom stereocenters. The molecular formula is C16H28N2O2S. The van der Waals surface area contributed by atoms with E-state index in [1.165, 1.54) is 0 Å². The van der Waals surface area contributed by atoms with Gasteiger partial charge in [0.15, 0.2) is 0 Å². The van der Waals surface area contributed by atoms with Gasteiger partial charge in [0.25, 0.3) is 0 Å². The van der Waals surface area contributed by atoms with Crippen LogP contribution in [-0.4, -0.2) is 21.0 Å². The number of benzene rings is 1. The Bertz CT molecular complexity index is 510. The highest BCUT2D eigenvalue weighted by atomic mass is 32.2. The summed E-state index contributed by atoms with van der Waals surface area (Å²) < 4.78 is 27.5. The van der Waals surface area contributed by atoms with Crippen LogP contribution in [0.4, 0.5) is 0 Å². The lowest BCUT2D eigenvalue weighted by Crippen LogP contribution is -2.37. The zero-order valence-corrected chi connectivity index (χ0v) is 14.3. The summed E-state index contributed by atoms with van der Waals surface area (Å²) in [6, 6.07) is 7.07. The molecule has 1 rings (SSSR count). The fraction of sp³-hybridized carbons (Fsp3) is 0.625. The molecule has 1 aromatic rings. The van der Waals surface area contributed by atoms with E-state index in [9.17, 15) is 8.42 Å². The maximum atomic E-state index is 12.4. The van der Waals surface area contributed by atoms with E-state index in [1.807, 2.05) is 32.9 Å². The molecule has 0 aliphatic heterocycles. The number of nitrogens with one attached hydrogen (secondary N) is 2. The first-order valence-electron chi connectivity index (χ1n) is 7.72. The number of hydrogen-bond acceptors (Lipinski definition) is 3. The molecule has 0 aromatic heterocycles. The van der Waals surface area contributed by atoms with Crippen LogP contribution in [0, 0.1) is 5.92 Å². The molecule has 2 N–H and O–H groups in total. The summed E-state index contributed by atoms with van der Waals surface area (Å²) in [5.41, 5.74) is 1.10. The molecule has 0 radical (unpaired) electrons. The average molecular weight is 312 g/mol. The van der Waals surface area contributed by atoms with Crippen LogP contribution in [0.15, 0.2) is 29.2 Å². The van der Waals surface area contributed by atoms with Crippen LogP contribution >= 0.6 is 0 Å². The molecule has 0 aliphatic rings. The van der Waals surface area contributed by atoms with Crippen LogP contribution in [0.1, 0.15) is 46.1 Å². The molecule has 5 heteroatoms. The van der Waals surface area contributed by atoms with Gasteiger partial charge < -0.3 is 5.32 Å². The summed E-state index contributed by atoms with van der Waals surface area (Å²) in [6.45, 7) is 9.90. The third-order valence-corrected chi connectivity index (χ3v) is 5.05. The fourth-order valence-electron chi connectivity index (χ4n) is 2.15. The lowest BCUT2D eigenvalue weighted by molar-refractivity contribution is 0.437. The highest BCUT2D eigenvalue weighted by Gasteiger charge is 2.20. The second kappa shape index (κ2) is 8.51. The SMILES string of the molecule is CCCNCc1ccc(S(=O)(=O)NC(CC)C(C)C)cc1. The first-order valence-corrected chi connectivity index (χ1v) is 9.21. The molecule has 1 unspecified atom stereocenters. The minimum absolute atomic E-state index is 0.0269. The Morgan fingerprint density at radius 3 is 2.19 bits per heavy atom. The maximum Gasteiger partial charge on any atom is 0.240 e. The number of sulfonamides is 1. The Hall–Kier alpha value is -0.910. The van der Waals surface area contributed by atoms with E-state index in [2.05, 4.69) is 17.0 Å². The highest BCUT2D eigenvalue weighted by molar-refractivity contribution is 7.89. The molecule has 120 valence electrons. The van der Waals surface area contributed by atoms with E-state index in [0.717, 1.165) is 31.5 Å². The van der Waals surface area contributed by atoms with Crippen molar-refractivity contribution < 1.29 is 8.42 Å². The van der Waals surface area contributed by atoms with Gasteiger partial charge >= 0.3 is 0 Å². The van der Waals surface area contributed by atoms with Crippen molar-refractivity contribution in [3.05, 3.63) is 29.8 Å². The van der Waals surface area contributed by atoms with Gasteiger partial charge in [-0.2, -0.15) is 0 Å². The summed E-state index contributed by atoms with van der Waals surface area (Å²) in [4.78, 5) is 0.334. The summed E-state index contributed by atoms with van der Waals surface area (Å²) in [6.07, 6.45) is 1.87. The predicted molar refractivity (Wildman–Crippen MR) is 87.7 cm³/mol. The van der Waals surface area contributed by atoms with E-state index < -0.39 is 10.0 Å². The van der Waals surface area contributed by atoms with Gasteiger partial charge in [-0.05, 0) is 43.0 Å². The van der Waals surface area contributed by atoms with Gasteiger partial charge in [-0.25, -0.2) is 13.1 Å². The normalized spacial score (nSPS) is 13.6. The van der Waals surface area contributed by atoms with Gasteiger partial charge in [-0.1, -0.05) is 39.8 Å². The van der Waals surface area contributed by atoms with Gasteiger partial charge in [-0.15, -0.1) is 0 Å². The number of hydrogen-bond donors (Lipinski definition) is 2. The van der Waals surface area contributed by atoms with Crippen molar-refractivity contribution in [2.24, 2.45) is 5.92 Å². The van der Waals surface area contributed by atoms with Gasteiger partial charge in [0.05, 0.1) is 4.90 Å².